The second-order valence-electron chi connectivity index (χ2n) is 7.64. The van der Waals surface area contributed by atoms with Gasteiger partial charge in [-0.25, -0.2) is 9.78 Å². The Morgan fingerprint density at radius 1 is 1.14 bits per heavy atom. The Morgan fingerprint density at radius 3 is 2.55 bits per heavy atom. The van der Waals surface area contributed by atoms with Crippen LogP contribution >= 0.6 is 0 Å². The van der Waals surface area contributed by atoms with Crippen LogP contribution < -0.4 is 15.4 Å². The quantitative estimate of drug-likeness (QED) is 0.830. The van der Waals surface area contributed by atoms with Gasteiger partial charge >= 0.3 is 6.03 Å². The number of benzene rings is 1. The highest BCUT2D eigenvalue weighted by Gasteiger charge is 2.43. The summed E-state index contributed by atoms with van der Waals surface area (Å²) in [7, 11) is 1.60. The Balaban J connectivity index is 1.37. The summed E-state index contributed by atoms with van der Waals surface area (Å²) in [6.45, 7) is 1.83. The van der Waals surface area contributed by atoms with Crippen molar-refractivity contribution in [2.75, 3.05) is 12.4 Å². The van der Waals surface area contributed by atoms with Gasteiger partial charge in [0.2, 0.25) is 0 Å². The third-order valence-corrected chi connectivity index (χ3v) is 5.64. The lowest BCUT2D eigenvalue weighted by Gasteiger charge is -2.39. The number of rotatable bonds is 4. The van der Waals surface area contributed by atoms with E-state index >= 15 is 0 Å². The zero-order valence-electron chi connectivity index (χ0n) is 16.6. The lowest BCUT2D eigenvalue weighted by molar-refractivity contribution is 0.0886. The zero-order chi connectivity index (χ0) is 20.4. The largest absolute Gasteiger partial charge is 0.497 e. The Morgan fingerprint density at radius 2 is 1.90 bits per heavy atom. The van der Waals surface area contributed by atoms with Crippen molar-refractivity contribution in [2.45, 2.75) is 50.7 Å². The molecule has 1 aromatic heterocycles. The molecular formula is C21H25N5O3. The number of ether oxygens (including phenoxy) is 1. The summed E-state index contributed by atoms with van der Waals surface area (Å²) in [6.07, 6.45) is 6.47. The molecule has 152 valence electrons. The van der Waals surface area contributed by atoms with Crippen molar-refractivity contribution in [3.8, 4) is 5.75 Å². The van der Waals surface area contributed by atoms with Gasteiger partial charge < -0.3 is 20.3 Å². The lowest BCUT2D eigenvalue weighted by atomic mass is 9.97. The maximum atomic E-state index is 12.9. The summed E-state index contributed by atoms with van der Waals surface area (Å²) in [5.74, 6) is 0.488. The molecule has 2 bridgehead atoms. The van der Waals surface area contributed by atoms with Crippen LogP contribution in [0, 0.1) is 6.92 Å². The maximum absolute atomic E-state index is 12.9. The number of methoxy groups -OCH3 is 1. The smallest absolute Gasteiger partial charge is 0.322 e. The number of fused-ring (bicyclic) bond motifs is 2. The van der Waals surface area contributed by atoms with Gasteiger partial charge in [-0.05, 0) is 44.7 Å². The van der Waals surface area contributed by atoms with Crippen LogP contribution in [0.15, 0.2) is 36.7 Å². The van der Waals surface area contributed by atoms with Gasteiger partial charge in [-0.1, -0.05) is 6.07 Å². The second-order valence-corrected chi connectivity index (χ2v) is 7.64. The minimum Gasteiger partial charge on any atom is -0.497 e. The molecule has 2 unspecified atom stereocenters. The van der Waals surface area contributed by atoms with Crippen molar-refractivity contribution in [3.05, 3.63) is 48.0 Å². The Bertz CT molecular complexity index is 887. The van der Waals surface area contributed by atoms with E-state index in [1.165, 1.54) is 6.20 Å². The number of carbonyl (C=O) groups is 2. The van der Waals surface area contributed by atoms with Crippen molar-refractivity contribution in [1.29, 1.82) is 0 Å². The molecule has 0 saturated carbocycles. The predicted octanol–water partition coefficient (Wildman–Crippen LogP) is 2.75. The number of aromatic nitrogens is 2. The van der Waals surface area contributed by atoms with Gasteiger partial charge in [0.15, 0.2) is 0 Å². The molecule has 8 nitrogen and oxygen atoms in total. The van der Waals surface area contributed by atoms with Crippen LogP contribution in [-0.2, 0) is 0 Å². The highest BCUT2D eigenvalue weighted by atomic mass is 16.5. The molecule has 29 heavy (non-hydrogen) atoms. The lowest BCUT2D eigenvalue weighted by Crippen LogP contribution is -2.53. The van der Waals surface area contributed by atoms with Crippen molar-refractivity contribution < 1.29 is 14.3 Å². The third kappa shape index (κ3) is 4.16. The molecule has 2 N–H and O–H groups in total. The normalized spacial score (nSPS) is 22.8. The fourth-order valence-electron chi connectivity index (χ4n) is 4.28. The molecule has 3 amide bonds. The topological polar surface area (TPSA) is 96.5 Å². The van der Waals surface area contributed by atoms with Crippen molar-refractivity contribution in [2.24, 2.45) is 0 Å². The number of aryl methyl sites for hydroxylation is 1. The molecule has 1 aromatic carbocycles. The summed E-state index contributed by atoms with van der Waals surface area (Å²) in [5.41, 5.74) is 1.80. The number of hydrogen-bond donors (Lipinski definition) is 2. The molecule has 2 fully saturated rings. The summed E-state index contributed by atoms with van der Waals surface area (Å²) in [5, 5.41) is 6.04. The summed E-state index contributed by atoms with van der Waals surface area (Å²) in [6, 6.07) is 7.50. The first-order valence-electron chi connectivity index (χ1n) is 9.86. The first kappa shape index (κ1) is 19.2. The first-order valence-corrected chi connectivity index (χ1v) is 9.86. The van der Waals surface area contributed by atoms with Crippen molar-refractivity contribution in [1.82, 2.24) is 20.2 Å². The Labute approximate surface area is 169 Å². The minimum atomic E-state index is -0.212. The van der Waals surface area contributed by atoms with E-state index in [0.29, 0.717) is 17.1 Å². The molecule has 2 atom stereocenters. The van der Waals surface area contributed by atoms with Crippen LogP contribution in [0.2, 0.25) is 0 Å². The van der Waals surface area contributed by atoms with Crippen LogP contribution in [0.25, 0.3) is 0 Å². The summed E-state index contributed by atoms with van der Waals surface area (Å²) >= 11 is 0. The maximum Gasteiger partial charge on any atom is 0.322 e. The number of carbonyl (C=O) groups excluding carboxylic acids is 2. The van der Waals surface area contributed by atoms with Crippen LogP contribution in [0.1, 0.15) is 41.9 Å². The average molecular weight is 395 g/mol. The van der Waals surface area contributed by atoms with Gasteiger partial charge in [0.25, 0.3) is 5.91 Å². The molecule has 0 radical (unpaired) electrons. The van der Waals surface area contributed by atoms with Crippen LogP contribution in [-0.4, -0.2) is 52.0 Å². The van der Waals surface area contributed by atoms with E-state index in [0.717, 1.165) is 31.4 Å². The molecular weight excluding hydrogens is 370 g/mol. The highest BCUT2D eigenvalue weighted by Crippen LogP contribution is 2.36. The monoisotopic (exact) mass is 395 g/mol. The fourth-order valence-corrected chi connectivity index (χ4v) is 4.28. The first-order chi connectivity index (χ1) is 14.0. The van der Waals surface area contributed by atoms with Gasteiger partial charge in [0, 0.05) is 36.1 Å². The van der Waals surface area contributed by atoms with Gasteiger partial charge in [0.1, 0.15) is 11.4 Å². The molecule has 2 saturated heterocycles. The SMILES string of the molecule is COc1cccc(NC(=O)N2C3CCC2CC(NC(=O)c2cnc(C)cn2)C3)c1. The minimum absolute atomic E-state index is 0.0315. The van der Waals surface area contributed by atoms with Gasteiger partial charge in [-0.3, -0.25) is 9.78 Å². The fraction of sp³-hybridized carbons (Fsp3) is 0.429. The zero-order valence-corrected chi connectivity index (χ0v) is 16.6. The van der Waals surface area contributed by atoms with Gasteiger partial charge in [0.05, 0.1) is 19.0 Å². The summed E-state index contributed by atoms with van der Waals surface area (Å²) < 4.78 is 5.22. The number of anilines is 1. The average Bonchev–Trinajstić information content (AvgIpc) is 2.99. The molecule has 2 aromatic rings. The predicted molar refractivity (Wildman–Crippen MR) is 108 cm³/mol. The molecule has 0 aliphatic carbocycles. The summed E-state index contributed by atoms with van der Waals surface area (Å²) in [4.78, 5) is 35.5. The standard InChI is InChI=1S/C21H25N5O3/c1-13-11-23-19(12-22-13)20(27)24-15-8-16-6-7-17(9-15)26(16)21(28)25-14-4-3-5-18(10-14)29-2/h3-5,10-12,15-17H,6-9H2,1-2H3,(H,24,27)(H,25,28). The number of hydrogen-bond acceptors (Lipinski definition) is 5. The molecule has 0 spiro atoms. The van der Waals surface area contributed by atoms with E-state index in [1.54, 1.807) is 19.4 Å². The number of urea groups is 1. The van der Waals surface area contributed by atoms with Gasteiger partial charge in [-0.2, -0.15) is 0 Å². The van der Waals surface area contributed by atoms with Crippen molar-refractivity contribution in [3.63, 3.8) is 0 Å². The van der Waals surface area contributed by atoms with Crippen LogP contribution in [0.3, 0.4) is 0 Å². The van der Waals surface area contributed by atoms with E-state index in [-0.39, 0.29) is 30.1 Å². The van der Waals surface area contributed by atoms with Crippen molar-refractivity contribution >= 4 is 17.6 Å². The second kappa shape index (κ2) is 8.06. The number of amides is 3. The number of piperidine rings is 1. The van der Waals surface area contributed by atoms with E-state index in [2.05, 4.69) is 20.6 Å². The van der Waals surface area contributed by atoms with E-state index in [1.807, 2.05) is 30.0 Å². The molecule has 2 aliphatic rings. The third-order valence-electron chi connectivity index (χ3n) is 5.64. The molecule has 4 rings (SSSR count). The number of nitrogens with one attached hydrogen (secondary N) is 2. The molecule has 3 heterocycles. The van der Waals surface area contributed by atoms with E-state index < -0.39 is 0 Å². The number of nitrogens with zero attached hydrogens (tertiary/aromatic N) is 3. The van der Waals surface area contributed by atoms with Crippen LogP contribution in [0.5, 0.6) is 5.75 Å². The molecule has 2 aliphatic heterocycles. The van der Waals surface area contributed by atoms with Gasteiger partial charge in [-0.15, -0.1) is 0 Å². The van der Waals surface area contributed by atoms with Crippen LogP contribution in [0.4, 0.5) is 10.5 Å². The van der Waals surface area contributed by atoms with E-state index in [4.69, 9.17) is 4.74 Å². The highest BCUT2D eigenvalue weighted by molar-refractivity contribution is 5.92. The van der Waals surface area contributed by atoms with E-state index in [9.17, 15) is 9.59 Å². The Hall–Kier alpha value is -3.16. The molecule has 8 heteroatoms. The Kier molecular flexibility index (Phi) is 5.33.